The Kier molecular flexibility index (Phi) is 6.08. The zero-order valence-electron chi connectivity index (χ0n) is 19.2. The van der Waals surface area contributed by atoms with Gasteiger partial charge in [-0.2, -0.15) is 0 Å². The number of aromatic amines is 1. The molecule has 0 fully saturated rings. The summed E-state index contributed by atoms with van der Waals surface area (Å²) in [6.45, 7) is 0. The highest BCUT2D eigenvalue weighted by atomic mass is 16.5. The number of aromatic nitrogens is 2. The number of H-pyrrole nitrogens is 1. The summed E-state index contributed by atoms with van der Waals surface area (Å²) in [4.78, 5) is 21.6. The third kappa shape index (κ3) is 4.41. The number of hydrogen-bond donors (Lipinski definition) is 2. The van der Waals surface area contributed by atoms with Crippen molar-refractivity contribution >= 4 is 28.3 Å². The van der Waals surface area contributed by atoms with Crippen LogP contribution in [-0.4, -0.2) is 56.2 Å². The van der Waals surface area contributed by atoms with Crippen LogP contribution in [0.1, 0.15) is 10.4 Å². The van der Waals surface area contributed by atoms with E-state index in [-0.39, 0.29) is 5.91 Å². The summed E-state index contributed by atoms with van der Waals surface area (Å²) >= 11 is 0. The van der Waals surface area contributed by atoms with Crippen LogP contribution in [0.15, 0.2) is 54.7 Å². The van der Waals surface area contributed by atoms with Gasteiger partial charge in [0.1, 0.15) is 5.82 Å². The first kappa shape index (κ1) is 22.0. The second-order valence-corrected chi connectivity index (χ2v) is 7.66. The maximum atomic E-state index is 12.1. The van der Waals surface area contributed by atoms with Crippen molar-refractivity contribution in [3.63, 3.8) is 0 Å². The van der Waals surface area contributed by atoms with Gasteiger partial charge in [-0.25, -0.2) is 4.98 Å². The molecule has 0 spiro atoms. The molecule has 1 amide bonds. The van der Waals surface area contributed by atoms with Gasteiger partial charge in [0.15, 0.2) is 11.5 Å². The molecule has 2 aromatic carbocycles. The van der Waals surface area contributed by atoms with Gasteiger partial charge in [0.2, 0.25) is 5.75 Å². The van der Waals surface area contributed by atoms with Crippen molar-refractivity contribution in [2.75, 3.05) is 40.7 Å². The first-order valence-corrected chi connectivity index (χ1v) is 10.3. The highest BCUT2D eigenvalue weighted by Gasteiger charge is 2.14. The number of carbonyl (C=O) groups excluding carboxylic acids is 1. The van der Waals surface area contributed by atoms with Crippen LogP contribution < -0.4 is 19.5 Å². The van der Waals surface area contributed by atoms with E-state index in [4.69, 9.17) is 14.2 Å². The van der Waals surface area contributed by atoms with E-state index in [9.17, 15) is 4.79 Å². The van der Waals surface area contributed by atoms with Crippen LogP contribution in [0, 0.1) is 0 Å². The Balaban J connectivity index is 1.61. The van der Waals surface area contributed by atoms with E-state index in [2.05, 4.69) is 15.3 Å². The van der Waals surface area contributed by atoms with Crippen molar-refractivity contribution in [1.29, 1.82) is 0 Å². The zero-order chi connectivity index (χ0) is 23.5. The number of amides is 1. The fourth-order valence-electron chi connectivity index (χ4n) is 3.60. The molecule has 0 saturated carbocycles. The largest absolute Gasteiger partial charge is 0.493 e. The van der Waals surface area contributed by atoms with Gasteiger partial charge >= 0.3 is 0 Å². The topological polar surface area (TPSA) is 88.7 Å². The first-order valence-electron chi connectivity index (χ1n) is 10.3. The third-order valence-corrected chi connectivity index (χ3v) is 5.29. The molecule has 2 N–H and O–H groups in total. The molecule has 0 aliphatic carbocycles. The Hall–Kier alpha value is -4.20. The highest BCUT2D eigenvalue weighted by Crippen LogP contribution is 2.40. The van der Waals surface area contributed by atoms with Crippen molar-refractivity contribution in [2.24, 2.45) is 0 Å². The standard InChI is InChI=1S/C25H26N4O4/c1-29(2)25(30)16-8-6-15(7-9-16)19-10-17-14-26-23(13-20(17)28-19)27-18-11-21(31-3)24(33-5)22(12-18)32-4/h6-14,28H,1-5H3,(H,26,27). The van der Waals surface area contributed by atoms with Gasteiger partial charge in [0, 0.05) is 60.8 Å². The van der Waals surface area contributed by atoms with E-state index in [1.165, 1.54) is 0 Å². The van der Waals surface area contributed by atoms with Gasteiger partial charge in [-0.05, 0) is 23.8 Å². The number of pyridine rings is 1. The van der Waals surface area contributed by atoms with Gasteiger partial charge in [-0.1, -0.05) is 12.1 Å². The molecule has 8 heteroatoms. The molecule has 0 atom stereocenters. The fraction of sp³-hybridized carbons (Fsp3) is 0.200. The van der Waals surface area contributed by atoms with E-state index >= 15 is 0 Å². The summed E-state index contributed by atoms with van der Waals surface area (Å²) in [7, 11) is 8.21. The van der Waals surface area contributed by atoms with E-state index in [1.54, 1.807) is 46.5 Å². The lowest BCUT2D eigenvalue weighted by atomic mass is 10.1. The molecule has 0 bridgehead atoms. The minimum Gasteiger partial charge on any atom is -0.493 e. The Morgan fingerprint density at radius 2 is 1.61 bits per heavy atom. The Bertz CT molecular complexity index is 1270. The number of nitrogens with zero attached hydrogens (tertiary/aromatic N) is 2. The predicted molar refractivity (Wildman–Crippen MR) is 129 cm³/mol. The molecule has 0 aliphatic rings. The van der Waals surface area contributed by atoms with E-state index in [0.29, 0.717) is 28.6 Å². The molecule has 2 aromatic heterocycles. The minimum atomic E-state index is -0.0232. The number of methoxy groups -OCH3 is 3. The predicted octanol–water partition coefficient (Wildman–Crippen LogP) is 4.70. The summed E-state index contributed by atoms with van der Waals surface area (Å²) in [6.07, 6.45) is 1.81. The monoisotopic (exact) mass is 446 g/mol. The first-order chi connectivity index (χ1) is 15.9. The third-order valence-electron chi connectivity index (χ3n) is 5.29. The smallest absolute Gasteiger partial charge is 0.253 e. The van der Waals surface area contributed by atoms with Crippen molar-refractivity contribution in [2.45, 2.75) is 0 Å². The van der Waals surface area contributed by atoms with Crippen molar-refractivity contribution in [3.05, 3.63) is 60.3 Å². The van der Waals surface area contributed by atoms with Crippen molar-refractivity contribution in [1.82, 2.24) is 14.9 Å². The van der Waals surface area contributed by atoms with E-state index in [0.717, 1.165) is 27.8 Å². The molecule has 33 heavy (non-hydrogen) atoms. The number of anilines is 2. The molecule has 2 heterocycles. The highest BCUT2D eigenvalue weighted by molar-refractivity contribution is 5.94. The Labute approximate surface area is 192 Å². The molecule has 0 radical (unpaired) electrons. The lowest BCUT2D eigenvalue weighted by molar-refractivity contribution is 0.0827. The molecular weight excluding hydrogens is 420 g/mol. The second-order valence-electron chi connectivity index (χ2n) is 7.66. The van der Waals surface area contributed by atoms with Crippen molar-refractivity contribution < 1.29 is 19.0 Å². The average molecular weight is 447 g/mol. The van der Waals surface area contributed by atoms with Gasteiger partial charge in [0.05, 0.1) is 26.8 Å². The molecule has 0 saturated heterocycles. The number of fused-ring (bicyclic) bond motifs is 1. The van der Waals surface area contributed by atoms with Crippen molar-refractivity contribution in [3.8, 4) is 28.5 Å². The SMILES string of the molecule is COc1cc(Nc2cc3[nH]c(-c4ccc(C(=O)N(C)C)cc4)cc3cn2)cc(OC)c1OC. The molecule has 4 aromatic rings. The minimum absolute atomic E-state index is 0.0232. The molecule has 0 unspecified atom stereocenters. The normalized spacial score (nSPS) is 10.7. The van der Waals surface area contributed by atoms with Gasteiger partial charge in [-0.3, -0.25) is 4.79 Å². The van der Waals surface area contributed by atoms with E-state index in [1.807, 2.05) is 48.5 Å². The molecule has 4 rings (SSSR count). The van der Waals surface area contributed by atoms with Crippen LogP contribution in [0.3, 0.4) is 0 Å². The number of ether oxygens (including phenoxy) is 3. The van der Waals surface area contributed by atoms with Gasteiger partial charge in [0.25, 0.3) is 5.91 Å². The van der Waals surface area contributed by atoms with Crippen LogP contribution in [0.2, 0.25) is 0 Å². The maximum Gasteiger partial charge on any atom is 0.253 e. The lowest BCUT2D eigenvalue weighted by Gasteiger charge is -2.14. The quantitative estimate of drug-likeness (QED) is 0.428. The van der Waals surface area contributed by atoms with Crippen LogP contribution >= 0.6 is 0 Å². The van der Waals surface area contributed by atoms with Gasteiger partial charge < -0.3 is 29.4 Å². The van der Waals surface area contributed by atoms with Crippen LogP contribution in [0.4, 0.5) is 11.5 Å². The fourth-order valence-corrected chi connectivity index (χ4v) is 3.60. The lowest BCUT2D eigenvalue weighted by Crippen LogP contribution is -2.21. The van der Waals surface area contributed by atoms with E-state index < -0.39 is 0 Å². The summed E-state index contributed by atoms with van der Waals surface area (Å²) in [5.74, 6) is 2.28. The number of nitrogens with one attached hydrogen (secondary N) is 2. The number of benzene rings is 2. The summed E-state index contributed by atoms with van der Waals surface area (Å²) < 4.78 is 16.2. The maximum absolute atomic E-state index is 12.1. The summed E-state index contributed by atoms with van der Waals surface area (Å²) in [5, 5.41) is 4.27. The van der Waals surface area contributed by atoms with Crippen LogP contribution in [0.25, 0.3) is 22.2 Å². The molecular formula is C25H26N4O4. The van der Waals surface area contributed by atoms with Crippen LogP contribution in [0.5, 0.6) is 17.2 Å². The molecule has 8 nitrogen and oxygen atoms in total. The summed E-state index contributed by atoms with van der Waals surface area (Å²) in [6, 6.07) is 15.2. The number of hydrogen-bond acceptors (Lipinski definition) is 6. The molecule has 170 valence electrons. The number of carbonyl (C=O) groups is 1. The van der Waals surface area contributed by atoms with Gasteiger partial charge in [-0.15, -0.1) is 0 Å². The zero-order valence-corrected chi connectivity index (χ0v) is 19.2. The summed E-state index contributed by atoms with van der Waals surface area (Å²) in [5.41, 5.74) is 4.27. The Morgan fingerprint density at radius 3 is 2.18 bits per heavy atom. The Morgan fingerprint density at radius 1 is 0.939 bits per heavy atom. The van der Waals surface area contributed by atoms with Crippen LogP contribution in [-0.2, 0) is 0 Å². The molecule has 0 aliphatic heterocycles. The number of rotatable bonds is 7. The average Bonchev–Trinajstić information content (AvgIpc) is 3.26. The second kappa shape index (κ2) is 9.12.